The fourth-order valence-corrected chi connectivity index (χ4v) is 1.82. The number of hydrogen-bond donors (Lipinski definition) is 1. The number of ether oxygens (including phenoxy) is 1. The molecule has 1 N–H and O–H groups in total. The first-order chi connectivity index (χ1) is 9.29. The molecule has 0 saturated carbocycles. The van der Waals surface area contributed by atoms with Gasteiger partial charge < -0.3 is 10.1 Å². The summed E-state index contributed by atoms with van der Waals surface area (Å²) in [4.78, 5) is 4.48. The highest BCUT2D eigenvalue weighted by atomic mass is 16.5. The lowest BCUT2D eigenvalue weighted by molar-refractivity contribution is 0.461. The van der Waals surface area contributed by atoms with Gasteiger partial charge in [-0.2, -0.15) is 0 Å². The summed E-state index contributed by atoms with van der Waals surface area (Å²) in [7, 11) is 0. The van der Waals surface area contributed by atoms with Crippen molar-refractivity contribution in [1.82, 2.24) is 10.3 Å². The lowest BCUT2D eigenvalue weighted by Gasteiger charge is -2.09. The number of rotatable bonds is 6. The van der Waals surface area contributed by atoms with E-state index in [1.54, 1.807) is 0 Å². The second-order valence-electron chi connectivity index (χ2n) is 4.49. The maximum Gasteiger partial charge on any atom is 0.219 e. The molecule has 0 bridgehead atoms. The molecule has 0 spiro atoms. The molecule has 1 aromatic carbocycles. The molecule has 2 aromatic rings. The van der Waals surface area contributed by atoms with Gasteiger partial charge in [0.15, 0.2) is 0 Å². The maximum absolute atomic E-state index is 5.71. The van der Waals surface area contributed by atoms with E-state index in [4.69, 9.17) is 4.74 Å². The smallest absolute Gasteiger partial charge is 0.219 e. The Hall–Kier alpha value is -1.87. The molecule has 0 aliphatic heterocycles. The van der Waals surface area contributed by atoms with Gasteiger partial charge in [0.05, 0.1) is 0 Å². The summed E-state index contributed by atoms with van der Waals surface area (Å²) >= 11 is 0. The van der Waals surface area contributed by atoms with Gasteiger partial charge in [-0.15, -0.1) is 0 Å². The summed E-state index contributed by atoms with van der Waals surface area (Å²) in [5, 5.41) is 3.38. The minimum Gasteiger partial charge on any atom is -0.439 e. The average molecular weight is 256 g/mol. The van der Waals surface area contributed by atoms with Gasteiger partial charge in [-0.1, -0.05) is 31.2 Å². The van der Waals surface area contributed by atoms with Crippen LogP contribution in [0.15, 0.2) is 42.5 Å². The van der Waals surface area contributed by atoms with Crippen LogP contribution in [0.4, 0.5) is 0 Å². The number of aryl methyl sites for hydroxylation is 1. The number of benzene rings is 1. The minimum absolute atomic E-state index is 0.642. The zero-order valence-electron chi connectivity index (χ0n) is 11.5. The van der Waals surface area contributed by atoms with Crippen molar-refractivity contribution in [1.29, 1.82) is 0 Å². The Morgan fingerprint density at radius 1 is 1.11 bits per heavy atom. The Morgan fingerprint density at radius 3 is 2.58 bits per heavy atom. The predicted octanol–water partition coefficient (Wildman–Crippen LogP) is 3.68. The Morgan fingerprint density at radius 2 is 1.89 bits per heavy atom. The van der Waals surface area contributed by atoms with Crippen LogP contribution >= 0.6 is 0 Å². The molecule has 0 unspecified atom stereocenters. The SMILES string of the molecule is CCCNCc1ccc(Oc2ccccc2)nc1C. The molecule has 0 saturated heterocycles. The van der Waals surface area contributed by atoms with Crippen molar-refractivity contribution in [2.75, 3.05) is 6.54 Å². The molecule has 0 aliphatic carbocycles. The molecular formula is C16H20N2O. The van der Waals surface area contributed by atoms with Gasteiger partial charge in [0.25, 0.3) is 0 Å². The lowest BCUT2D eigenvalue weighted by Crippen LogP contribution is -2.15. The molecule has 3 nitrogen and oxygen atoms in total. The first kappa shape index (κ1) is 13.6. The molecule has 19 heavy (non-hydrogen) atoms. The molecule has 0 fully saturated rings. The standard InChI is InChI=1S/C16H20N2O/c1-3-11-17-12-14-9-10-16(18-13(14)2)19-15-7-5-4-6-8-15/h4-10,17H,3,11-12H2,1-2H3. The molecule has 0 aliphatic rings. The summed E-state index contributed by atoms with van der Waals surface area (Å²) in [5.74, 6) is 1.45. The Kier molecular flexibility index (Phi) is 4.93. The van der Waals surface area contributed by atoms with Crippen molar-refractivity contribution in [3.05, 3.63) is 53.7 Å². The Balaban J connectivity index is 2.02. The summed E-state index contributed by atoms with van der Waals surface area (Å²) in [6, 6.07) is 13.7. The number of nitrogens with zero attached hydrogens (tertiary/aromatic N) is 1. The van der Waals surface area contributed by atoms with E-state index >= 15 is 0 Å². The monoisotopic (exact) mass is 256 g/mol. The summed E-state index contributed by atoms with van der Waals surface area (Å²) in [6.45, 7) is 6.07. The number of aromatic nitrogens is 1. The van der Waals surface area contributed by atoms with Crippen molar-refractivity contribution in [2.45, 2.75) is 26.8 Å². The first-order valence-corrected chi connectivity index (χ1v) is 6.69. The molecular weight excluding hydrogens is 236 g/mol. The Labute approximate surface area is 114 Å². The van der Waals surface area contributed by atoms with Gasteiger partial charge in [-0.25, -0.2) is 4.98 Å². The van der Waals surface area contributed by atoms with Gasteiger partial charge in [0.1, 0.15) is 5.75 Å². The summed E-state index contributed by atoms with van der Waals surface area (Å²) in [6.07, 6.45) is 1.14. The highest BCUT2D eigenvalue weighted by molar-refractivity contribution is 5.30. The van der Waals surface area contributed by atoms with E-state index in [2.05, 4.69) is 23.3 Å². The van der Waals surface area contributed by atoms with Crippen molar-refractivity contribution in [3.8, 4) is 11.6 Å². The first-order valence-electron chi connectivity index (χ1n) is 6.69. The number of hydrogen-bond acceptors (Lipinski definition) is 3. The second kappa shape index (κ2) is 6.90. The van der Waals surface area contributed by atoms with E-state index in [9.17, 15) is 0 Å². The fraction of sp³-hybridized carbons (Fsp3) is 0.312. The topological polar surface area (TPSA) is 34.1 Å². The highest BCUT2D eigenvalue weighted by Crippen LogP contribution is 2.20. The Bertz CT molecular complexity index is 511. The van der Waals surface area contributed by atoms with Crippen molar-refractivity contribution in [2.24, 2.45) is 0 Å². The highest BCUT2D eigenvalue weighted by Gasteiger charge is 2.03. The van der Waals surface area contributed by atoms with Crippen LogP contribution in [0, 0.1) is 6.92 Å². The fourth-order valence-electron chi connectivity index (χ4n) is 1.82. The molecule has 0 amide bonds. The average Bonchev–Trinajstić information content (AvgIpc) is 2.43. The third-order valence-corrected chi connectivity index (χ3v) is 2.88. The van der Waals surface area contributed by atoms with Gasteiger partial charge in [0, 0.05) is 18.3 Å². The van der Waals surface area contributed by atoms with Gasteiger partial charge >= 0.3 is 0 Å². The summed E-state index contributed by atoms with van der Waals surface area (Å²) < 4.78 is 5.71. The minimum atomic E-state index is 0.642. The van der Waals surface area contributed by atoms with Crippen LogP contribution in [0.1, 0.15) is 24.6 Å². The third kappa shape index (κ3) is 4.07. The second-order valence-corrected chi connectivity index (χ2v) is 4.49. The van der Waals surface area contributed by atoms with Gasteiger partial charge in [-0.05, 0) is 37.6 Å². The molecule has 1 heterocycles. The summed E-state index contributed by atoms with van der Waals surface area (Å²) in [5.41, 5.74) is 2.23. The van der Waals surface area contributed by atoms with Crippen LogP contribution in [0.2, 0.25) is 0 Å². The molecule has 100 valence electrons. The van der Waals surface area contributed by atoms with Crippen LogP contribution in [0.5, 0.6) is 11.6 Å². The van der Waals surface area contributed by atoms with E-state index in [1.807, 2.05) is 43.3 Å². The molecule has 0 radical (unpaired) electrons. The van der Waals surface area contributed by atoms with Crippen LogP contribution in [-0.2, 0) is 6.54 Å². The molecule has 3 heteroatoms. The zero-order valence-corrected chi connectivity index (χ0v) is 11.5. The maximum atomic E-state index is 5.71. The predicted molar refractivity (Wildman–Crippen MR) is 77.5 cm³/mol. The van der Waals surface area contributed by atoms with Crippen molar-refractivity contribution >= 4 is 0 Å². The molecule has 0 atom stereocenters. The molecule has 1 aromatic heterocycles. The van der Waals surface area contributed by atoms with Crippen LogP contribution < -0.4 is 10.1 Å². The van der Waals surface area contributed by atoms with E-state index in [0.29, 0.717) is 5.88 Å². The van der Waals surface area contributed by atoms with Crippen LogP contribution in [0.3, 0.4) is 0 Å². The largest absolute Gasteiger partial charge is 0.439 e. The molecule has 2 rings (SSSR count). The quantitative estimate of drug-likeness (QED) is 0.800. The van der Waals surface area contributed by atoms with E-state index < -0.39 is 0 Å². The van der Waals surface area contributed by atoms with Crippen LogP contribution in [-0.4, -0.2) is 11.5 Å². The van der Waals surface area contributed by atoms with E-state index in [-0.39, 0.29) is 0 Å². The number of pyridine rings is 1. The third-order valence-electron chi connectivity index (χ3n) is 2.88. The number of para-hydroxylation sites is 1. The van der Waals surface area contributed by atoms with E-state index in [1.165, 1.54) is 5.56 Å². The number of nitrogens with one attached hydrogen (secondary N) is 1. The van der Waals surface area contributed by atoms with Gasteiger partial charge in [0.2, 0.25) is 5.88 Å². The van der Waals surface area contributed by atoms with E-state index in [0.717, 1.165) is 31.0 Å². The van der Waals surface area contributed by atoms with Crippen molar-refractivity contribution < 1.29 is 4.74 Å². The van der Waals surface area contributed by atoms with Gasteiger partial charge in [-0.3, -0.25) is 0 Å². The normalized spacial score (nSPS) is 10.4. The zero-order chi connectivity index (χ0) is 13.5. The lowest BCUT2D eigenvalue weighted by atomic mass is 10.2. The van der Waals surface area contributed by atoms with Crippen LogP contribution in [0.25, 0.3) is 0 Å². The van der Waals surface area contributed by atoms with Crippen molar-refractivity contribution in [3.63, 3.8) is 0 Å².